The van der Waals surface area contributed by atoms with Crippen LogP contribution in [0, 0.1) is 17.0 Å². The van der Waals surface area contributed by atoms with Gasteiger partial charge in [-0.15, -0.1) is 0 Å². The average Bonchev–Trinajstić information content (AvgIpc) is 2.81. The number of fused-ring (bicyclic) bond motifs is 1. The molecule has 8 nitrogen and oxygen atoms in total. The van der Waals surface area contributed by atoms with Crippen molar-refractivity contribution in [2.75, 3.05) is 5.32 Å². The van der Waals surface area contributed by atoms with E-state index in [9.17, 15) is 14.9 Å². The number of hydrogen-bond acceptors (Lipinski definition) is 5. The monoisotopic (exact) mass is 389 g/mol. The molecule has 2 heterocycles. The third-order valence-electron chi connectivity index (χ3n) is 3.53. The van der Waals surface area contributed by atoms with Crippen molar-refractivity contribution >= 4 is 44.2 Å². The molecule has 0 unspecified atom stereocenters. The van der Waals surface area contributed by atoms with Gasteiger partial charge < -0.3 is 5.32 Å². The van der Waals surface area contributed by atoms with Crippen molar-refractivity contribution in [1.82, 2.24) is 14.8 Å². The average molecular weight is 390 g/mol. The number of carbonyl (C=O) groups is 1. The molecular weight excluding hydrogens is 378 g/mol. The number of carbonyl (C=O) groups excluding carboxylic acids is 1. The van der Waals surface area contributed by atoms with Gasteiger partial charge in [0.2, 0.25) is 0 Å². The number of halogens is 1. The molecule has 0 saturated heterocycles. The number of benzene rings is 1. The summed E-state index contributed by atoms with van der Waals surface area (Å²) in [5.74, 6) is -0.451. The molecular formula is C15H12BrN5O3. The van der Waals surface area contributed by atoms with Crippen LogP contribution in [0.4, 0.5) is 11.4 Å². The van der Waals surface area contributed by atoms with Crippen LogP contribution in [0.3, 0.4) is 0 Å². The Balaban J connectivity index is 1.91. The predicted octanol–water partition coefficient (Wildman–Crippen LogP) is 3.20. The van der Waals surface area contributed by atoms with Crippen molar-refractivity contribution in [2.45, 2.75) is 6.92 Å². The Morgan fingerprint density at radius 1 is 1.38 bits per heavy atom. The molecule has 3 aromatic rings. The summed E-state index contributed by atoms with van der Waals surface area (Å²) in [5, 5.41) is 18.8. The third-order valence-corrected chi connectivity index (χ3v) is 4.20. The van der Waals surface area contributed by atoms with E-state index >= 15 is 0 Å². The molecule has 0 aliphatic rings. The molecule has 0 atom stereocenters. The third kappa shape index (κ3) is 2.85. The van der Waals surface area contributed by atoms with Crippen molar-refractivity contribution in [3.8, 4) is 0 Å². The lowest BCUT2D eigenvalue weighted by molar-refractivity contribution is -0.385. The van der Waals surface area contributed by atoms with Crippen molar-refractivity contribution < 1.29 is 9.72 Å². The van der Waals surface area contributed by atoms with Gasteiger partial charge in [0.1, 0.15) is 0 Å². The van der Waals surface area contributed by atoms with E-state index in [1.165, 1.54) is 24.4 Å². The summed E-state index contributed by atoms with van der Waals surface area (Å²) in [4.78, 5) is 27.0. The zero-order valence-electron chi connectivity index (χ0n) is 12.8. The Morgan fingerprint density at radius 2 is 2.12 bits per heavy atom. The molecule has 2 aromatic heterocycles. The van der Waals surface area contributed by atoms with Gasteiger partial charge >= 0.3 is 0 Å². The topological polar surface area (TPSA) is 103 Å². The number of nitrogens with one attached hydrogen (secondary N) is 1. The normalized spacial score (nSPS) is 10.8. The first-order chi connectivity index (χ1) is 11.4. The van der Waals surface area contributed by atoms with Gasteiger partial charge in [0, 0.05) is 24.1 Å². The SMILES string of the molecule is Cc1nn(C)c2ncc(NC(=O)c3ccc(Br)c([N+](=O)[O-])c3)cc12. The maximum absolute atomic E-state index is 12.3. The van der Waals surface area contributed by atoms with Crippen LogP contribution in [-0.4, -0.2) is 25.6 Å². The molecule has 0 aliphatic carbocycles. The number of rotatable bonds is 3. The number of nitro groups is 1. The molecule has 0 spiro atoms. The highest BCUT2D eigenvalue weighted by atomic mass is 79.9. The first-order valence-electron chi connectivity index (χ1n) is 6.91. The zero-order chi connectivity index (χ0) is 17.4. The van der Waals surface area contributed by atoms with E-state index in [4.69, 9.17) is 0 Å². The molecule has 1 N–H and O–H groups in total. The minimum absolute atomic E-state index is 0.167. The largest absolute Gasteiger partial charge is 0.321 e. The number of anilines is 1. The molecule has 0 aliphatic heterocycles. The number of pyridine rings is 1. The van der Waals surface area contributed by atoms with Gasteiger partial charge in [0.15, 0.2) is 5.65 Å². The van der Waals surface area contributed by atoms with E-state index < -0.39 is 10.8 Å². The molecule has 0 fully saturated rings. The highest BCUT2D eigenvalue weighted by molar-refractivity contribution is 9.10. The van der Waals surface area contributed by atoms with Crippen LogP contribution in [0.5, 0.6) is 0 Å². The number of amides is 1. The zero-order valence-corrected chi connectivity index (χ0v) is 14.4. The molecule has 9 heteroatoms. The van der Waals surface area contributed by atoms with Crippen LogP contribution in [0.15, 0.2) is 34.9 Å². The molecule has 24 heavy (non-hydrogen) atoms. The first-order valence-corrected chi connectivity index (χ1v) is 7.71. The Hall–Kier alpha value is -2.81. The molecule has 0 saturated carbocycles. The fourth-order valence-electron chi connectivity index (χ4n) is 2.37. The Labute approximate surface area is 144 Å². The summed E-state index contributed by atoms with van der Waals surface area (Å²) in [6.07, 6.45) is 1.52. The van der Waals surface area contributed by atoms with Gasteiger partial charge in [-0.25, -0.2) is 4.98 Å². The molecule has 0 radical (unpaired) electrons. The van der Waals surface area contributed by atoms with E-state index in [0.29, 0.717) is 15.8 Å². The number of nitrogens with zero attached hydrogens (tertiary/aromatic N) is 4. The van der Waals surface area contributed by atoms with Gasteiger partial charge in [-0.2, -0.15) is 5.10 Å². The van der Waals surface area contributed by atoms with E-state index in [-0.39, 0.29) is 11.3 Å². The fourth-order valence-corrected chi connectivity index (χ4v) is 2.76. The maximum Gasteiger partial charge on any atom is 0.284 e. The molecule has 122 valence electrons. The van der Waals surface area contributed by atoms with Crippen molar-refractivity contribution in [2.24, 2.45) is 7.05 Å². The Bertz CT molecular complexity index is 983. The fraction of sp³-hybridized carbons (Fsp3) is 0.133. The summed E-state index contributed by atoms with van der Waals surface area (Å²) in [6, 6.07) is 5.98. The smallest absolute Gasteiger partial charge is 0.284 e. The molecule has 1 amide bonds. The van der Waals surface area contributed by atoms with Crippen LogP contribution >= 0.6 is 15.9 Å². The minimum Gasteiger partial charge on any atom is -0.321 e. The molecule has 1 aromatic carbocycles. The number of nitro benzene ring substituents is 1. The van der Waals surface area contributed by atoms with E-state index in [2.05, 4.69) is 31.3 Å². The van der Waals surface area contributed by atoms with Crippen LogP contribution in [0.2, 0.25) is 0 Å². The van der Waals surface area contributed by atoms with E-state index in [1.807, 2.05) is 6.92 Å². The highest BCUT2D eigenvalue weighted by Gasteiger charge is 2.16. The van der Waals surface area contributed by atoms with E-state index in [0.717, 1.165) is 11.1 Å². The quantitative estimate of drug-likeness (QED) is 0.547. The molecule has 0 bridgehead atoms. The van der Waals surface area contributed by atoms with Gasteiger partial charge in [0.25, 0.3) is 11.6 Å². The molecule has 3 rings (SSSR count). The van der Waals surface area contributed by atoms with E-state index in [1.54, 1.807) is 17.8 Å². The second-order valence-corrected chi connectivity index (χ2v) is 6.04. The van der Waals surface area contributed by atoms with Crippen molar-refractivity contribution in [3.05, 3.63) is 56.3 Å². The highest BCUT2D eigenvalue weighted by Crippen LogP contribution is 2.26. The summed E-state index contributed by atoms with van der Waals surface area (Å²) < 4.78 is 1.98. The summed E-state index contributed by atoms with van der Waals surface area (Å²) in [5.41, 5.74) is 2.03. The van der Waals surface area contributed by atoms with Crippen molar-refractivity contribution in [1.29, 1.82) is 0 Å². The lowest BCUT2D eigenvalue weighted by Gasteiger charge is -2.06. The van der Waals surface area contributed by atoms with Crippen LogP contribution in [0.1, 0.15) is 16.1 Å². The number of hydrogen-bond donors (Lipinski definition) is 1. The second kappa shape index (κ2) is 6.00. The van der Waals surface area contributed by atoms with Crippen LogP contribution in [-0.2, 0) is 7.05 Å². The second-order valence-electron chi connectivity index (χ2n) is 5.18. The van der Waals surface area contributed by atoms with Gasteiger partial charge in [-0.1, -0.05) is 0 Å². The first kappa shape index (κ1) is 16.1. The Morgan fingerprint density at radius 3 is 2.83 bits per heavy atom. The summed E-state index contributed by atoms with van der Waals surface area (Å²) in [7, 11) is 1.79. The number of aryl methyl sites for hydroxylation is 2. The maximum atomic E-state index is 12.3. The minimum atomic E-state index is -0.548. The van der Waals surface area contributed by atoms with Crippen molar-refractivity contribution in [3.63, 3.8) is 0 Å². The predicted molar refractivity (Wildman–Crippen MR) is 92.0 cm³/mol. The lowest BCUT2D eigenvalue weighted by Crippen LogP contribution is -2.12. The van der Waals surface area contributed by atoms with Crippen LogP contribution < -0.4 is 5.32 Å². The standard InChI is InChI=1S/C15H12BrN5O3/c1-8-11-6-10(7-17-14(11)20(2)19-8)18-15(22)9-3-4-12(16)13(5-9)21(23)24/h3-7H,1-2H3,(H,18,22). The van der Waals surface area contributed by atoms with Crippen LogP contribution in [0.25, 0.3) is 11.0 Å². The Kier molecular flexibility index (Phi) is 4.02. The van der Waals surface area contributed by atoms with Gasteiger partial charge in [0.05, 0.1) is 27.0 Å². The lowest BCUT2D eigenvalue weighted by atomic mass is 10.2. The van der Waals surface area contributed by atoms with Gasteiger partial charge in [-0.05, 0) is 41.1 Å². The summed E-state index contributed by atoms with van der Waals surface area (Å²) >= 11 is 3.09. The summed E-state index contributed by atoms with van der Waals surface area (Å²) in [6.45, 7) is 1.85. The van der Waals surface area contributed by atoms with Gasteiger partial charge in [-0.3, -0.25) is 19.6 Å². The number of aromatic nitrogens is 3.